The number of hydrogen-bond acceptors (Lipinski definition) is 4. The maximum Gasteiger partial charge on any atom is 0.271 e. The van der Waals surface area contributed by atoms with Crippen molar-refractivity contribution in [1.82, 2.24) is 10.3 Å². The van der Waals surface area contributed by atoms with Gasteiger partial charge in [-0.05, 0) is 36.6 Å². The van der Waals surface area contributed by atoms with Crippen LogP contribution in [0.25, 0.3) is 0 Å². The van der Waals surface area contributed by atoms with Crippen LogP contribution in [0.2, 0.25) is 0 Å². The van der Waals surface area contributed by atoms with E-state index < -0.39 is 0 Å². The second-order valence-corrected chi connectivity index (χ2v) is 6.96. The van der Waals surface area contributed by atoms with E-state index in [2.05, 4.69) is 23.3 Å². The van der Waals surface area contributed by atoms with Crippen molar-refractivity contribution in [3.8, 4) is 5.75 Å². The predicted octanol–water partition coefficient (Wildman–Crippen LogP) is 4.78. The smallest absolute Gasteiger partial charge is 0.271 e. The SMILES string of the molecule is CCc1cccc(OCc2nc(C(=O)N[C@H](C)c3ccccc3)cs2)c1. The van der Waals surface area contributed by atoms with E-state index in [1.165, 1.54) is 16.9 Å². The van der Waals surface area contributed by atoms with E-state index in [-0.39, 0.29) is 11.9 Å². The van der Waals surface area contributed by atoms with Crippen LogP contribution in [0.15, 0.2) is 60.0 Å². The van der Waals surface area contributed by atoms with Gasteiger partial charge in [0.1, 0.15) is 23.1 Å². The number of rotatable bonds is 7. The normalized spacial score (nSPS) is 11.8. The van der Waals surface area contributed by atoms with Crippen molar-refractivity contribution in [2.24, 2.45) is 0 Å². The highest BCUT2D eigenvalue weighted by Crippen LogP contribution is 2.18. The zero-order valence-corrected chi connectivity index (χ0v) is 15.8. The minimum Gasteiger partial charge on any atom is -0.486 e. The summed E-state index contributed by atoms with van der Waals surface area (Å²) in [5, 5.41) is 5.53. The van der Waals surface area contributed by atoms with Crippen molar-refractivity contribution in [3.05, 3.63) is 81.8 Å². The number of benzene rings is 2. The van der Waals surface area contributed by atoms with Crippen LogP contribution in [-0.4, -0.2) is 10.9 Å². The van der Waals surface area contributed by atoms with Gasteiger partial charge in [-0.3, -0.25) is 4.79 Å². The summed E-state index contributed by atoms with van der Waals surface area (Å²) in [6, 6.07) is 17.8. The molecule has 5 heteroatoms. The van der Waals surface area contributed by atoms with E-state index >= 15 is 0 Å². The lowest BCUT2D eigenvalue weighted by Gasteiger charge is -2.13. The van der Waals surface area contributed by atoms with Gasteiger partial charge in [0, 0.05) is 5.38 Å². The molecule has 0 unspecified atom stereocenters. The maximum atomic E-state index is 12.4. The molecule has 1 N–H and O–H groups in total. The average molecular weight is 366 g/mol. The first-order chi connectivity index (χ1) is 12.7. The van der Waals surface area contributed by atoms with E-state index in [4.69, 9.17) is 4.74 Å². The van der Waals surface area contributed by atoms with Gasteiger partial charge in [0.15, 0.2) is 0 Å². The van der Waals surface area contributed by atoms with E-state index in [1.54, 1.807) is 5.38 Å². The number of hydrogen-bond donors (Lipinski definition) is 1. The number of carbonyl (C=O) groups excluding carboxylic acids is 1. The lowest BCUT2D eigenvalue weighted by Crippen LogP contribution is -2.26. The Labute approximate surface area is 157 Å². The van der Waals surface area contributed by atoms with Gasteiger partial charge >= 0.3 is 0 Å². The molecule has 1 heterocycles. The molecule has 0 saturated carbocycles. The molecular weight excluding hydrogens is 344 g/mol. The molecule has 3 rings (SSSR count). The molecule has 2 aromatic carbocycles. The van der Waals surface area contributed by atoms with Gasteiger partial charge in [0.25, 0.3) is 5.91 Å². The number of aromatic nitrogens is 1. The summed E-state index contributed by atoms with van der Waals surface area (Å²) in [6.07, 6.45) is 0.971. The molecule has 0 saturated heterocycles. The van der Waals surface area contributed by atoms with Crippen molar-refractivity contribution in [2.45, 2.75) is 32.9 Å². The number of amides is 1. The van der Waals surface area contributed by atoms with Crippen LogP contribution in [-0.2, 0) is 13.0 Å². The topological polar surface area (TPSA) is 51.2 Å². The maximum absolute atomic E-state index is 12.4. The second kappa shape index (κ2) is 8.63. The monoisotopic (exact) mass is 366 g/mol. The molecule has 0 spiro atoms. The van der Waals surface area contributed by atoms with Gasteiger partial charge in [-0.1, -0.05) is 49.4 Å². The standard InChI is InChI=1S/C21H22N2O2S/c1-3-16-8-7-11-18(12-16)25-13-20-23-19(14-26-20)21(24)22-15(2)17-9-5-4-6-10-17/h4-12,14-15H,3,13H2,1-2H3,(H,22,24)/t15-/m1/s1. The fourth-order valence-corrected chi connectivity index (χ4v) is 3.26. The molecule has 26 heavy (non-hydrogen) atoms. The summed E-state index contributed by atoms with van der Waals surface area (Å²) in [5.41, 5.74) is 2.73. The third-order valence-electron chi connectivity index (χ3n) is 4.10. The van der Waals surface area contributed by atoms with Gasteiger partial charge < -0.3 is 10.1 Å². The number of nitrogens with zero attached hydrogens (tertiary/aromatic N) is 1. The summed E-state index contributed by atoms with van der Waals surface area (Å²) in [6.45, 7) is 4.44. The van der Waals surface area contributed by atoms with Gasteiger partial charge in [-0.25, -0.2) is 4.98 Å². The molecule has 0 aliphatic heterocycles. The summed E-state index contributed by atoms with van der Waals surface area (Å²) in [5.74, 6) is 0.653. The van der Waals surface area contributed by atoms with Gasteiger partial charge in [-0.2, -0.15) is 0 Å². The Hall–Kier alpha value is -2.66. The number of ether oxygens (including phenoxy) is 1. The summed E-state index contributed by atoms with van der Waals surface area (Å²) < 4.78 is 5.79. The van der Waals surface area contributed by atoms with Crippen molar-refractivity contribution in [1.29, 1.82) is 0 Å². The number of nitrogens with one attached hydrogen (secondary N) is 1. The Morgan fingerprint density at radius 2 is 2.00 bits per heavy atom. The molecule has 0 fully saturated rings. The Morgan fingerprint density at radius 1 is 1.19 bits per heavy atom. The van der Waals surface area contributed by atoms with Crippen molar-refractivity contribution >= 4 is 17.2 Å². The Kier molecular flexibility index (Phi) is 6.02. The molecule has 0 bridgehead atoms. The number of thiazole rings is 1. The first-order valence-electron chi connectivity index (χ1n) is 8.67. The van der Waals surface area contributed by atoms with Crippen molar-refractivity contribution in [2.75, 3.05) is 0 Å². The molecule has 0 aliphatic carbocycles. The highest BCUT2D eigenvalue weighted by Gasteiger charge is 2.14. The summed E-state index contributed by atoms with van der Waals surface area (Å²) >= 11 is 1.43. The van der Waals surface area contributed by atoms with Crippen molar-refractivity contribution in [3.63, 3.8) is 0 Å². The third-order valence-corrected chi connectivity index (χ3v) is 4.92. The molecule has 0 radical (unpaired) electrons. The quantitative estimate of drug-likeness (QED) is 0.655. The van der Waals surface area contributed by atoms with Crippen LogP contribution in [0.1, 0.15) is 46.5 Å². The Bertz CT molecular complexity index is 861. The minimum absolute atomic E-state index is 0.0677. The van der Waals surface area contributed by atoms with Crippen LogP contribution in [0.3, 0.4) is 0 Å². The zero-order chi connectivity index (χ0) is 18.4. The molecular formula is C21H22N2O2S. The van der Waals surface area contributed by atoms with Crippen LogP contribution in [0, 0.1) is 0 Å². The predicted molar refractivity (Wildman–Crippen MR) is 105 cm³/mol. The largest absolute Gasteiger partial charge is 0.486 e. The van der Waals surface area contributed by atoms with E-state index in [9.17, 15) is 4.79 Å². The van der Waals surface area contributed by atoms with E-state index in [1.807, 2.05) is 55.5 Å². The molecule has 3 aromatic rings. The van der Waals surface area contributed by atoms with E-state index in [0.717, 1.165) is 22.7 Å². The number of carbonyl (C=O) groups is 1. The second-order valence-electron chi connectivity index (χ2n) is 6.02. The molecule has 1 atom stereocenters. The molecule has 1 amide bonds. The highest BCUT2D eigenvalue weighted by molar-refractivity contribution is 7.09. The lowest BCUT2D eigenvalue weighted by molar-refractivity contribution is 0.0935. The number of aryl methyl sites for hydroxylation is 1. The van der Waals surface area contributed by atoms with Crippen molar-refractivity contribution < 1.29 is 9.53 Å². The fourth-order valence-electron chi connectivity index (χ4n) is 2.58. The molecule has 134 valence electrons. The van der Waals surface area contributed by atoms with Crippen LogP contribution in [0.5, 0.6) is 5.75 Å². The van der Waals surface area contributed by atoms with Crippen LogP contribution >= 0.6 is 11.3 Å². The average Bonchev–Trinajstić information content (AvgIpc) is 3.16. The first-order valence-corrected chi connectivity index (χ1v) is 9.55. The Balaban J connectivity index is 1.57. The third kappa shape index (κ3) is 4.70. The molecule has 0 aliphatic rings. The summed E-state index contributed by atoms with van der Waals surface area (Å²) in [7, 11) is 0. The Morgan fingerprint density at radius 3 is 2.77 bits per heavy atom. The van der Waals surface area contributed by atoms with Gasteiger partial charge in [0.2, 0.25) is 0 Å². The van der Waals surface area contributed by atoms with Gasteiger partial charge in [-0.15, -0.1) is 11.3 Å². The summed E-state index contributed by atoms with van der Waals surface area (Å²) in [4.78, 5) is 16.8. The van der Waals surface area contributed by atoms with Crippen LogP contribution < -0.4 is 10.1 Å². The van der Waals surface area contributed by atoms with Crippen LogP contribution in [0.4, 0.5) is 0 Å². The first kappa shape index (κ1) is 18.1. The minimum atomic E-state index is -0.170. The lowest BCUT2D eigenvalue weighted by atomic mass is 10.1. The highest BCUT2D eigenvalue weighted by atomic mass is 32.1. The van der Waals surface area contributed by atoms with E-state index in [0.29, 0.717) is 12.3 Å². The zero-order valence-electron chi connectivity index (χ0n) is 14.9. The fraction of sp³-hybridized carbons (Fsp3) is 0.238. The van der Waals surface area contributed by atoms with Gasteiger partial charge in [0.05, 0.1) is 6.04 Å². The molecule has 1 aromatic heterocycles. The molecule has 4 nitrogen and oxygen atoms in total.